The zero-order valence-electron chi connectivity index (χ0n) is 11.8. The average molecular weight is 317 g/mol. The van der Waals surface area contributed by atoms with Gasteiger partial charge in [0, 0.05) is 18.5 Å². The minimum Gasteiger partial charge on any atom is -0.294 e. The fraction of sp³-hybridized carbons (Fsp3) is 0.692. The highest BCUT2D eigenvalue weighted by Gasteiger charge is 2.23. The first-order valence-electron chi connectivity index (χ1n) is 7.08. The molecule has 0 amide bonds. The van der Waals surface area contributed by atoms with Gasteiger partial charge in [-0.15, -0.1) is 11.3 Å². The molecule has 1 saturated heterocycles. The van der Waals surface area contributed by atoms with E-state index >= 15 is 0 Å². The molecule has 0 radical (unpaired) electrons. The second kappa shape index (κ2) is 7.51. The predicted octanol–water partition coefficient (Wildman–Crippen LogP) is 1.72. The van der Waals surface area contributed by atoms with Crippen LogP contribution in [0.15, 0.2) is 17.5 Å². The molecule has 2 rings (SSSR count). The Labute approximate surface area is 125 Å². The van der Waals surface area contributed by atoms with Gasteiger partial charge in [-0.05, 0) is 37.4 Å². The highest BCUT2D eigenvalue weighted by Crippen LogP contribution is 2.27. The van der Waals surface area contributed by atoms with E-state index in [9.17, 15) is 8.42 Å². The summed E-state index contributed by atoms with van der Waals surface area (Å²) in [5, 5.41) is 2.05. The van der Waals surface area contributed by atoms with Gasteiger partial charge < -0.3 is 0 Å². The molecule has 0 spiro atoms. The fourth-order valence-corrected chi connectivity index (χ4v) is 3.94. The minimum atomic E-state index is -3.38. The minimum absolute atomic E-state index is 0.135. The van der Waals surface area contributed by atoms with Gasteiger partial charge >= 0.3 is 0 Å². The van der Waals surface area contributed by atoms with Crippen LogP contribution in [0.1, 0.15) is 36.6 Å². The zero-order valence-corrected chi connectivity index (χ0v) is 13.5. The van der Waals surface area contributed by atoms with Gasteiger partial charge in [-0.25, -0.2) is 9.44 Å². The molecule has 1 fully saturated rings. The summed E-state index contributed by atoms with van der Waals surface area (Å²) in [7, 11) is -1.95. The maximum Gasteiger partial charge on any atom is 0.276 e. The number of hydrogen-bond donors (Lipinski definition) is 2. The molecule has 7 heteroatoms. The Balaban J connectivity index is 2.08. The van der Waals surface area contributed by atoms with Crippen LogP contribution in [-0.4, -0.2) is 40.0 Å². The van der Waals surface area contributed by atoms with Crippen molar-refractivity contribution in [2.24, 2.45) is 0 Å². The van der Waals surface area contributed by atoms with Crippen LogP contribution in [0, 0.1) is 0 Å². The summed E-state index contributed by atoms with van der Waals surface area (Å²) in [6.07, 6.45) is 4.94. The molecule has 1 unspecified atom stereocenters. The van der Waals surface area contributed by atoms with Gasteiger partial charge in [-0.1, -0.05) is 18.9 Å². The predicted molar refractivity (Wildman–Crippen MR) is 83.1 cm³/mol. The van der Waals surface area contributed by atoms with Crippen LogP contribution in [0.4, 0.5) is 0 Å². The quantitative estimate of drug-likeness (QED) is 0.840. The smallest absolute Gasteiger partial charge is 0.276 e. The number of nitrogens with one attached hydrogen (secondary N) is 2. The van der Waals surface area contributed by atoms with E-state index in [0.29, 0.717) is 6.54 Å². The number of nitrogens with zero attached hydrogens (tertiary/aromatic N) is 1. The molecule has 2 N–H and O–H groups in total. The second-order valence-corrected chi connectivity index (χ2v) is 7.72. The number of likely N-dealkylation sites (tertiary alicyclic amines) is 1. The molecule has 1 aromatic rings. The van der Waals surface area contributed by atoms with Crippen molar-refractivity contribution in [1.29, 1.82) is 0 Å². The molecule has 20 heavy (non-hydrogen) atoms. The normalized spacial score (nSPS) is 19.6. The molecule has 114 valence electrons. The van der Waals surface area contributed by atoms with Gasteiger partial charge in [-0.2, -0.15) is 8.42 Å². The molecule has 0 aliphatic carbocycles. The van der Waals surface area contributed by atoms with Crippen LogP contribution >= 0.6 is 11.3 Å². The van der Waals surface area contributed by atoms with E-state index in [0.717, 1.165) is 13.1 Å². The van der Waals surface area contributed by atoms with E-state index in [-0.39, 0.29) is 6.04 Å². The van der Waals surface area contributed by atoms with Crippen molar-refractivity contribution in [3.63, 3.8) is 0 Å². The number of thiophene rings is 1. The van der Waals surface area contributed by atoms with Crippen molar-refractivity contribution in [3.8, 4) is 0 Å². The van der Waals surface area contributed by atoms with E-state index in [1.165, 1.54) is 37.6 Å². The Morgan fingerprint density at radius 2 is 2.00 bits per heavy atom. The van der Waals surface area contributed by atoms with E-state index in [2.05, 4.69) is 20.4 Å². The lowest BCUT2D eigenvalue weighted by atomic mass is 10.2. The molecule has 1 aromatic heterocycles. The number of hydrogen-bond acceptors (Lipinski definition) is 4. The summed E-state index contributed by atoms with van der Waals surface area (Å²) in [6.45, 7) is 2.51. The first-order valence-corrected chi connectivity index (χ1v) is 9.44. The third-order valence-electron chi connectivity index (χ3n) is 3.69. The first-order chi connectivity index (χ1) is 9.62. The number of rotatable bonds is 6. The molecular weight excluding hydrogens is 294 g/mol. The topological polar surface area (TPSA) is 61.4 Å². The lowest BCUT2D eigenvalue weighted by Gasteiger charge is -2.30. The van der Waals surface area contributed by atoms with E-state index < -0.39 is 10.2 Å². The van der Waals surface area contributed by atoms with Crippen molar-refractivity contribution < 1.29 is 8.42 Å². The molecule has 0 bridgehead atoms. The molecule has 0 saturated carbocycles. The summed E-state index contributed by atoms with van der Waals surface area (Å²) in [5.74, 6) is 0. The van der Waals surface area contributed by atoms with Crippen LogP contribution in [0.25, 0.3) is 0 Å². The first kappa shape index (κ1) is 15.9. The van der Waals surface area contributed by atoms with Crippen molar-refractivity contribution in [3.05, 3.63) is 22.4 Å². The van der Waals surface area contributed by atoms with Crippen molar-refractivity contribution in [1.82, 2.24) is 14.3 Å². The second-order valence-electron chi connectivity index (χ2n) is 5.04. The van der Waals surface area contributed by atoms with Gasteiger partial charge in [0.15, 0.2) is 0 Å². The summed E-state index contributed by atoms with van der Waals surface area (Å²) in [4.78, 5) is 3.64. The van der Waals surface area contributed by atoms with E-state index in [1.54, 1.807) is 11.3 Å². The van der Waals surface area contributed by atoms with Gasteiger partial charge in [0.1, 0.15) is 0 Å². The van der Waals surface area contributed by atoms with Gasteiger partial charge in [-0.3, -0.25) is 4.90 Å². The molecule has 5 nitrogen and oxygen atoms in total. The van der Waals surface area contributed by atoms with E-state index in [1.807, 2.05) is 11.4 Å². The summed E-state index contributed by atoms with van der Waals surface area (Å²) in [5.41, 5.74) is 0. The Bertz CT molecular complexity index is 480. The van der Waals surface area contributed by atoms with Gasteiger partial charge in [0.2, 0.25) is 0 Å². The summed E-state index contributed by atoms with van der Waals surface area (Å²) in [6, 6.07) is 4.25. The fourth-order valence-electron chi connectivity index (χ4n) is 2.56. The van der Waals surface area contributed by atoms with Crippen molar-refractivity contribution in [2.45, 2.75) is 31.7 Å². The monoisotopic (exact) mass is 317 g/mol. The Morgan fingerprint density at radius 1 is 1.30 bits per heavy atom. The summed E-state index contributed by atoms with van der Waals surface area (Å²) < 4.78 is 28.1. The Morgan fingerprint density at radius 3 is 2.55 bits per heavy atom. The zero-order chi connectivity index (χ0) is 14.4. The van der Waals surface area contributed by atoms with Crippen LogP contribution in [0.5, 0.6) is 0 Å². The largest absolute Gasteiger partial charge is 0.294 e. The SMILES string of the molecule is CNS(=O)(=O)NCC(c1cccs1)N1CCCCCC1. The van der Waals surface area contributed by atoms with Crippen LogP contribution in [0.2, 0.25) is 0 Å². The molecular formula is C13H23N3O2S2. The third-order valence-corrected chi connectivity index (χ3v) is 5.75. The van der Waals surface area contributed by atoms with Crippen molar-refractivity contribution in [2.75, 3.05) is 26.7 Å². The Hall–Kier alpha value is -0.470. The van der Waals surface area contributed by atoms with Crippen molar-refractivity contribution >= 4 is 21.5 Å². The van der Waals surface area contributed by atoms with Gasteiger partial charge in [0.25, 0.3) is 10.2 Å². The molecule has 1 aliphatic heterocycles. The lowest BCUT2D eigenvalue weighted by Crippen LogP contribution is -2.41. The molecule has 1 atom stereocenters. The van der Waals surface area contributed by atoms with Gasteiger partial charge in [0.05, 0.1) is 6.04 Å². The maximum atomic E-state index is 11.6. The molecule has 2 heterocycles. The highest BCUT2D eigenvalue weighted by atomic mass is 32.2. The van der Waals surface area contributed by atoms with Crippen LogP contribution in [-0.2, 0) is 10.2 Å². The molecule has 1 aliphatic rings. The third kappa shape index (κ3) is 4.53. The van der Waals surface area contributed by atoms with E-state index in [4.69, 9.17) is 0 Å². The van der Waals surface area contributed by atoms with Crippen LogP contribution < -0.4 is 9.44 Å². The highest BCUT2D eigenvalue weighted by molar-refractivity contribution is 7.87. The Kier molecular flexibility index (Phi) is 5.98. The lowest BCUT2D eigenvalue weighted by molar-refractivity contribution is 0.209. The summed E-state index contributed by atoms with van der Waals surface area (Å²) >= 11 is 1.69. The van der Waals surface area contributed by atoms with Crippen LogP contribution in [0.3, 0.4) is 0 Å². The maximum absolute atomic E-state index is 11.6. The molecule has 0 aromatic carbocycles. The standard InChI is InChI=1S/C13H23N3O2S2/c1-14-20(17,18)15-11-12(13-7-6-10-19-13)16-8-4-2-3-5-9-16/h6-7,10,12,14-15H,2-5,8-9,11H2,1H3. The average Bonchev–Trinajstić information content (AvgIpc) is 2.82.